The molecule has 118 valence electrons. The molecule has 0 aromatic heterocycles. The third-order valence-electron chi connectivity index (χ3n) is 4.37. The molecule has 1 aliphatic carbocycles. The SMILES string of the molecule is Cc1ccc(C(N)C2CCCCC2C(F)(F)F)c(F)c1F. The fourth-order valence-electron chi connectivity index (χ4n) is 3.14. The second-order valence-electron chi connectivity index (χ2n) is 5.72. The first-order valence-electron chi connectivity index (χ1n) is 7.00. The van der Waals surface area contributed by atoms with Gasteiger partial charge in [-0.3, -0.25) is 0 Å². The summed E-state index contributed by atoms with van der Waals surface area (Å²) in [7, 11) is 0. The summed E-state index contributed by atoms with van der Waals surface area (Å²) in [5, 5.41) is 0. The van der Waals surface area contributed by atoms with Crippen LogP contribution in [-0.2, 0) is 0 Å². The van der Waals surface area contributed by atoms with Crippen molar-refractivity contribution >= 4 is 0 Å². The highest BCUT2D eigenvalue weighted by Crippen LogP contribution is 2.46. The van der Waals surface area contributed by atoms with Crippen LogP contribution in [0.25, 0.3) is 0 Å². The van der Waals surface area contributed by atoms with E-state index in [-0.39, 0.29) is 24.0 Å². The summed E-state index contributed by atoms with van der Waals surface area (Å²) in [6, 6.07) is 1.49. The van der Waals surface area contributed by atoms with E-state index in [2.05, 4.69) is 0 Å². The lowest BCUT2D eigenvalue weighted by Crippen LogP contribution is -2.39. The standard InChI is InChI=1S/C15H18F5N/c1-8-6-7-10(13(17)12(8)16)14(21)9-4-2-3-5-11(9)15(18,19)20/h6-7,9,11,14H,2-5,21H2,1H3. The Morgan fingerprint density at radius 2 is 1.71 bits per heavy atom. The molecule has 1 nitrogen and oxygen atoms in total. The highest BCUT2D eigenvalue weighted by atomic mass is 19.4. The van der Waals surface area contributed by atoms with Crippen molar-refractivity contribution in [3.63, 3.8) is 0 Å². The molecular weight excluding hydrogens is 289 g/mol. The normalized spacial score (nSPS) is 24.9. The number of rotatable bonds is 2. The van der Waals surface area contributed by atoms with E-state index in [9.17, 15) is 22.0 Å². The Kier molecular flexibility index (Phi) is 4.56. The lowest BCUT2D eigenvalue weighted by Gasteiger charge is -2.36. The van der Waals surface area contributed by atoms with Gasteiger partial charge in [0, 0.05) is 11.6 Å². The van der Waals surface area contributed by atoms with Gasteiger partial charge in [-0.1, -0.05) is 25.0 Å². The molecule has 0 saturated heterocycles. The summed E-state index contributed by atoms with van der Waals surface area (Å²) < 4.78 is 66.8. The Labute approximate surface area is 120 Å². The molecule has 1 saturated carbocycles. The number of halogens is 5. The first-order chi connectivity index (χ1) is 9.73. The van der Waals surface area contributed by atoms with Crippen LogP contribution in [0.1, 0.15) is 42.9 Å². The summed E-state index contributed by atoms with van der Waals surface area (Å²) in [6.45, 7) is 1.40. The van der Waals surface area contributed by atoms with Gasteiger partial charge in [-0.05, 0) is 31.2 Å². The molecule has 1 aliphatic rings. The number of hydrogen-bond donors (Lipinski definition) is 1. The van der Waals surface area contributed by atoms with Crippen molar-refractivity contribution in [3.05, 3.63) is 34.9 Å². The zero-order valence-corrected chi connectivity index (χ0v) is 11.7. The summed E-state index contributed by atoms with van der Waals surface area (Å²) in [5.74, 6) is -4.63. The fraction of sp³-hybridized carbons (Fsp3) is 0.600. The Hall–Kier alpha value is -1.17. The Balaban J connectivity index is 2.33. The molecule has 3 atom stereocenters. The molecule has 2 rings (SSSR count). The Bertz CT molecular complexity index is 512. The van der Waals surface area contributed by atoms with Gasteiger partial charge in [0.1, 0.15) is 0 Å². The summed E-state index contributed by atoms with van der Waals surface area (Å²) in [4.78, 5) is 0. The minimum Gasteiger partial charge on any atom is -0.324 e. The maximum Gasteiger partial charge on any atom is 0.392 e. The van der Waals surface area contributed by atoms with E-state index in [0.717, 1.165) is 0 Å². The van der Waals surface area contributed by atoms with E-state index in [1.54, 1.807) is 0 Å². The lowest BCUT2D eigenvalue weighted by atomic mass is 9.73. The maximum absolute atomic E-state index is 14.0. The van der Waals surface area contributed by atoms with Crippen LogP contribution in [0.3, 0.4) is 0 Å². The smallest absolute Gasteiger partial charge is 0.324 e. The van der Waals surface area contributed by atoms with Crippen LogP contribution in [0.5, 0.6) is 0 Å². The molecule has 0 bridgehead atoms. The van der Waals surface area contributed by atoms with Crippen LogP contribution in [0.2, 0.25) is 0 Å². The highest BCUT2D eigenvalue weighted by molar-refractivity contribution is 5.28. The van der Waals surface area contributed by atoms with Gasteiger partial charge in [-0.15, -0.1) is 0 Å². The third kappa shape index (κ3) is 3.20. The molecule has 1 aromatic rings. The van der Waals surface area contributed by atoms with E-state index < -0.39 is 35.7 Å². The molecule has 0 amide bonds. The molecule has 0 heterocycles. The van der Waals surface area contributed by atoms with Crippen molar-refractivity contribution in [2.24, 2.45) is 17.6 Å². The lowest BCUT2D eigenvalue weighted by molar-refractivity contribution is -0.198. The molecule has 6 heteroatoms. The van der Waals surface area contributed by atoms with Crippen molar-refractivity contribution in [1.29, 1.82) is 0 Å². The predicted octanol–water partition coefficient (Wildman–Crippen LogP) is 4.64. The molecule has 3 unspecified atom stereocenters. The summed E-state index contributed by atoms with van der Waals surface area (Å²) in [5.41, 5.74) is 5.81. The fourth-order valence-corrected chi connectivity index (χ4v) is 3.14. The quantitative estimate of drug-likeness (QED) is 0.791. The minimum absolute atomic E-state index is 0.00215. The van der Waals surface area contributed by atoms with Crippen molar-refractivity contribution in [1.82, 2.24) is 0 Å². The van der Waals surface area contributed by atoms with Crippen molar-refractivity contribution in [2.75, 3.05) is 0 Å². The van der Waals surface area contributed by atoms with Gasteiger partial charge in [0.2, 0.25) is 0 Å². The number of nitrogens with two attached hydrogens (primary N) is 1. The predicted molar refractivity (Wildman–Crippen MR) is 69.5 cm³/mol. The van der Waals surface area contributed by atoms with Crippen LogP contribution in [-0.4, -0.2) is 6.18 Å². The first kappa shape index (κ1) is 16.2. The molecule has 1 fully saturated rings. The molecule has 21 heavy (non-hydrogen) atoms. The highest BCUT2D eigenvalue weighted by Gasteiger charge is 2.47. The number of hydrogen-bond acceptors (Lipinski definition) is 1. The van der Waals surface area contributed by atoms with Crippen molar-refractivity contribution in [2.45, 2.75) is 44.8 Å². The van der Waals surface area contributed by atoms with Gasteiger partial charge < -0.3 is 5.73 Å². The first-order valence-corrected chi connectivity index (χ1v) is 7.00. The topological polar surface area (TPSA) is 26.0 Å². The molecule has 0 radical (unpaired) electrons. The Morgan fingerprint density at radius 1 is 1.10 bits per heavy atom. The van der Waals surface area contributed by atoms with Gasteiger partial charge in [0.25, 0.3) is 0 Å². The molecule has 0 spiro atoms. The monoisotopic (exact) mass is 307 g/mol. The largest absolute Gasteiger partial charge is 0.392 e. The number of benzene rings is 1. The molecule has 2 N–H and O–H groups in total. The minimum atomic E-state index is -4.36. The van der Waals surface area contributed by atoms with Gasteiger partial charge in [-0.25, -0.2) is 8.78 Å². The average molecular weight is 307 g/mol. The van der Waals surface area contributed by atoms with E-state index in [4.69, 9.17) is 5.73 Å². The number of aryl methyl sites for hydroxylation is 1. The maximum atomic E-state index is 14.0. The second-order valence-corrected chi connectivity index (χ2v) is 5.72. The Morgan fingerprint density at radius 3 is 2.33 bits per heavy atom. The van der Waals surface area contributed by atoms with E-state index in [1.165, 1.54) is 19.1 Å². The van der Waals surface area contributed by atoms with Crippen LogP contribution in [0, 0.1) is 30.4 Å². The third-order valence-corrected chi connectivity index (χ3v) is 4.37. The number of alkyl halides is 3. The summed E-state index contributed by atoms with van der Waals surface area (Å²) in [6.07, 6.45) is -2.97. The van der Waals surface area contributed by atoms with E-state index in [0.29, 0.717) is 12.8 Å². The van der Waals surface area contributed by atoms with Crippen LogP contribution in [0.4, 0.5) is 22.0 Å². The zero-order chi connectivity index (χ0) is 15.8. The van der Waals surface area contributed by atoms with Gasteiger partial charge in [-0.2, -0.15) is 13.2 Å². The molecule has 1 aromatic carbocycles. The van der Waals surface area contributed by atoms with Gasteiger partial charge in [0.05, 0.1) is 5.92 Å². The van der Waals surface area contributed by atoms with Crippen LogP contribution < -0.4 is 5.73 Å². The van der Waals surface area contributed by atoms with Crippen LogP contribution in [0.15, 0.2) is 12.1 Å². The molecule has 0 aliphatic heterocycles. The van der Waals surface area contributed by atoms with Crippen molar-refractivity contribution < 1.29 is 22.0 Å². The second kappa shape index (κ2) is 5.91. The zero-order valence-electron chi connectivity index (χ0n) is 11.7. The van der Waals surface area contributed by atoms with Gasteiger partial charge in [0.15, 0.2) is 11.6 Å². The van der Waals surface area contributed by atoms with E-state index >= 15 is 0 Å². The van der Waals surface area contributed by atoms with Crippen molar-refractivity contribution in [3.8, 4) is 0 Å². The molecular formula is C15H18F5N. The van der Waals surface area contributed by atoms with E-state index in [1.807, 2.05) is 0 Å². The average Bonchev–Trinajstić information content (AvgIpc) is 2.43. The van der Waals surface area contributed by atoms with Gasteiger partial charge >= 0.3 is 6.18 Å². The van der Waals surface area contributed by atoms with Crippen LogP contribution >= 0.6 is 0 Å². The summed E-state index contributed by atoms with van der Waals surface area (Å²) >= 11 is 0.